The van der Waals surface area contributed by atoms with Crippen molar-refractivity contribution >= 4 is 45.0 Å². The van der Waals surface area contributed by atoms with E-state index < -0.39 is 0 Å². The number of ketones is 2. The van der Waals surface area contributed by atoms with E-state index in [-0.39, 0.29) is 29.0 Å². The fraction of sp³-hybridized carbons (Fsp3) is 0.344. The Morgan fingerprint density at radius 2 is 1.90 bits per heavy atom. The zero-order valence-corrected chi connectivity index (χ0v) is 24.6. The van der Waals surface area contributed by atoms with Gasteiger partial charge in [-0.15, -0.1) is 0 Å². The van der Waals surface area contributed by atoms with Crippen LogP contribution in [-0.4, -0.2) is 34.5 Å². The number of hydrogen-bond acceptors (Lipinski definition) is 8. The number of carbonyl (C=O) groups is 2. The van der Waals surface area contributed by atoms with Gasteiger partial charge in [0.25, 0.3) is 0 Å². The molecule has 0 spiro atoms. The van der Waals surface area contributed by atoms with Gasteiger partial charge in [0, 0.05) is 29.2 Å². The number of pyridine rings is 1. The molecule has 6 nitrogen and oxygen atoms in total. The molecule has 3 aromatic rings. The highest BCUT2D eigenvalue weighted by molar-refractivity contribution is 8.76. The van der Waals surface area contributed by atoms with Gasteiger partial charge in [-0.2, -0.15) is 0 Å². The van der Waals surface area contributed by atoms with Crippen molar-refractivity contribution in [2.75, 3.05) is 18.6 Å². The van der Waals surface area contributed by atoms with E-state index in [1.807, 2.05) is 29.0 Å². The van der Waals surface area contributed by atoms with Crippen LogP contribution >= 0.6 is 21.6 Å². The van der Waals surface area contributed by atoms with Gasteiger partial charge in [0.2, 0.25) is 0 Å². The minimum Gasteiger partial charge on any atom is -0.504 e. The molecule has 8 heteroatoms. The molecule has 0 saturated heterocycles. The minimum atomic E-state index is -0.234. The van der Waals surface area contributed by atoms with Gasteiger partial charge in [0.15, 0.2) is 17.3 Å². The maximum atomic E-state index is 12.6. The number of ether oxygens (including phenoxy) is 1. The van der Waals surface area contributed by atoms with Gasteiger partial charge in [-0.3, -0.25) is 9.59 Å². The van der Waals surface area contributed by atoms with Gasteiger partial charge in [0.05, 0.1) is 13.5 Å². The Bertz CT molecular complexity index is 1360. The second kappa shape index (κ2) is 14.4. The molecule has 40 heavy (non-hydrogen) atoms. The monoisotopic (exact) mass is 576 g/mol. The van der Waals surface area contributed by atoms with Crippen molar-refractivity contribution in [2.45, 2.75) is 50.7 Å². The SMILES string of the molecule is CCC1CCC(=O)CC(=O)C=Cc2cc(OC)c(O)cc2Cc2cnc(N)c(c2)C(Cc2ccccc2)SSC1. The largest absolute Gasteiger partial charge is 0.504 e. The molecule has 4 rings (SSSR count). The summed E-state index contributed by atoms with van der Waals surface area (Å²) >= 11 is 0. The summed E-state index contributed by atoms with van der Waals surface area (Å²) in [6, 6.07) is 15.8. The van der Waals surface area contributed by atoms with E-state index in [0.717, 1.165) is 47.3 Å². The van der Waals surface area contributed by atoms with Crippen LogP contribution in [0.3, 0.4) is 0 Å². The smallest absolute Gasteiger partial charge is 0.163 e. The summed E-state index contributed by atoms with van der Waals surface area (Å²) < 4.78 is 5.31. The average Bonchev–Trinajstić information content (AvgIpc) is 2.95. The number of allylic oxidation sites excluding steroid dienone is 1. The second-order valence-electron chi connectivity index (χ2n) is 10.1. The van der Waals surface area contributed by atoms with Crippen molar-refractivity contribution in [3.05, 3.63) is 88.6 Å². The van der Waals surface area contributed by atoms with Crippen LogP contribution in [0.4, 0.5) is 5.82 Å². The zero-order chi connectivity index (χ0) is 28.5. The Labute approximate surface area is 244 Å². The van der Waals surface area contributed by atoms with Crippen molar-refractivity contribution in [3.8, 4) is 11.5 Å². The van der Waals surface area contributed by atoms with Crippen molar-refractivity contribution in [2.24, 2.45) is 5.92 Å². The lowest BCUT2D eigenvalue weighted by molar-refractivity contribution is -0.124. The molecule has 210 valence electrons. The number of anilines is 1. The molecule has 1 aromatic heterocycles. The number of phenolic OH excluding ortho intramolecular Hbond substituents is 1. The number of Topliss-reactive ketones (excluding diaryl/α,β-unsaturated/α-hetero) is 1. The zero-order valence-electron chi connectivity index (χ0n) is 23.0. The molecule has 0 radical (unpaired) electrons. The van der Waals surface area contributed by atoms with Crippen molar-refractivity contribution in [1.29, 1.82) is 0 Å². The Balaban J connectivity index is 1.74. The van der Waals surface area contributed by atoms with E-state index in [2.05, 4.69) is 30.1 Å². The first-order valence-electron chi connectivity index (χ1n) is 13.5. The van der Waals surface area contributed by atoms with Gasteiger partial charge >= 0.3 is 0 Å². The predicted octanol–water partition coefficient (Wildman–Crippen LogP) is 7.00. The summed E-state index contributed by atoms with van der Waals surface area (Å²) in [6.07, 6.45) is 8.22. The number of aromatic nitrogens is 1. The van der Waals surface area contributed by atoms with Crippen molar-refractivity contribution in [1.82, 2.24) is 4.98 Å². The summed E-state index contributed by atoms with van der Waals surface area (Å²) in [4.78, 5) is 29.8. The molecule has 1 aliphatic rings. The lowest BCUT2D eigenvalue weighted by atomic mass is 9.96. The predicted molar refractivity (Wildman–Crippen MR) is 166 cm³/mol. The Morgan fingerprint density at radius 3 is 2.65 bits per heavy atom. The van der Waals surface area contributed by atoms with E-state index in [4.69, 9.17) is 10.5 Å². The summed E-state index contributed by atoms with van der Waals surface area (Å²) in [5, 5.41) is 10.6. The van der Waals surface area contributed by atoms with E-state index in [0.29, 0.717) is 30.3 Å². The van der Waals surface area contributed by atoms with Gasteiger partial charge in [-0.25, -0.2) is 4.98 Å². The Kier molecular flexibility index (Phi) is 10.7. The lowest BCUT2D eigenvalue weighted by Crippen LogP contribution is -2.10. The number of nitrogens with zero attached hydrogens (tertiary/aromatic N) is 1. The summed E-state index contributed by atoms with van der Waals surface area (Å²) in [5.41, 5.74) is 11.1. The first-order chi connectivity index (χ1) is 19.4. The third-order valence-corrected chi connectivity index (χ3v) is 10.1. The Hall–Kier alpha value is -3.23. The second-order valence-corrected chi connectivity index (χ2v) is 12.7. The number of nitrogen functional groups attached to an aromatic ring is 1. The van der Waals surface area contributed by atoms with Crippen LogP contribution in [0.5, 0.6) is 11.5 Å². The van der Waals surface area contributed by atoms with Crippen LogP contribution in [-0.2, 0) is 22.4 Å². The number of nitrogens with two attached hydrogens (primary N) is 1. The normalized spacial score (nSPS) is 18.9. The fourth-order valence-electron chi connectivity index (χ4n) is 4.75. The minimum absolute atomic E-state index is 0.0151. The number of rotatable bonds is 4. The molecule has 2 atom stereocenters. The first kappa shape index (κ1) is 29.7. The maximum Gasteiger partial charge on any atom is 0.163 e. The highest BCUT2D eigenvalue weighted by Gasteiger charge is 2.21. The number of fused-ring (bicyclic) bond motifs is 3. The van der Waals surface area contributed by atoms with Gasteiger partial charge < -0.3 is 15.6 Å². The topological polar surface area (TPSA) is 103 Å². The van der Waals surface area contributed by atoms with Crippen LogP contribution in [0.25, 0.3) is 6.08 Å². The van der Waals surface area contributed by atoms with Gasteiger partial charge in [0.1, 0.15) is 11.6 Å². The Morgan fingerprint density at radius 1 is 1.10 bits per heavy atom. The van der Waals surface area contributed by atoms with Crippen LogP contribution in [0.15, 0.2) is 60.8 Å². The van der Waals surface area contributed by atoms with E-state index in [1.165, 1.54) is 18.7 Å². The van der Waals surface area contributed by atoms with Crippen molar-refractivity contribution in [3.63, 3.8) is 0 Å². The molecule has 0 amide bonds. The van der Waals surface area contributed by atoms with E-state index in [9.17, 15) is 14.7 Å². The fourth-order valence-corrected chi connectivity index (χ4v) is 7.96. The summed E-state index contributed by atoms with van der Waals surface area (Å²) in [6.45, 7) is 2.15. The number of methoxy groups -OCH3 is 1. The van der Waals surface area contributed by atoms with Gasteiger partial charge in [-0.1, -0.05) is 71.3 Å². The number of phenols is 1. The molecular weight excluding hydrogens is 540 g/mol. The molecule has 2 bridgehead atoms. The first-order valence-corrected chi connectivity index (χ1v) is 15.9. The summed E-state index contributed by atoms with van der Waals surface area (Å²) in [5.74, 6) is 1.86. The summed E-state index contributed by atoms with van der Waals surface area (Å²) in [7, 11) is 5.09. The molecule has 1 aliphatic heterocycles. The van der Waals surface area contributed by atoms with Crippen LogP contribution < -0.4 is 10.5 Å². The van der Waals surface area contributed by atoms with Crippen molar-refractivity contribution < 1.29 is 19.4 Å². The molecule has 0 saturated carbocycles. The molecule has 0 aliphatic carbocycles. The molecule has 2 heterocycles. The van der Waals surface area contributed by atoms with Crippen LogP contribution in [0, 0.1) is 5.92 Å². The maximum absolute atomic E-state index is 12.6. The third kappa shape index (κ3) is 8.15. The number of hydrogen-bond donors (Lipinski definition) is 2. The molecular formula is C32H36N2O4S2. The van der Waals surface area contributed by atoms with E-state index >= 15 is 0 Å². The van der Waals surface area contributed by atoms with E-state index in [1.54, 1.807) is 35.2 Å². The number of carbonyl (C=O) groups excluding carboxylic acids is 2. The molecule has 0 fully saturated rings. The van der Waals surface area contributed by atoms with Gasteiger partial charge in [-0.05, 0) is 71.7 Å². The third-order valence-electron chi connectivity index (χ3n) is 7.17. The van der Waals surface area contributed by atoms with Crippen LogP contribution in [0.2, 0.25) is 0 Å². The lowest BCUT2D eigenvalue weighted by Gasteiger charge is -2.21. The molecule has 2 unspecified atom stereocenters. The molecule has 2 aromatic carbocycles. The quantitative estimate of drug-likeness (QED) is 0.253. The highest BCUT2D eigenvalue weighted by atomic mass is 33.1. The average molecular weight is 577 g/mol. The van der Waals surface area contributed by atoms with Crippen LogP contribution in [0.1, 0.15) is 65.7 Å². The number of benzene rings is 2. The standard InChI is InChI=1S/C32H36N2O4S2/c1-3-21-9-11-26(35)18-27(36)12-10-24-17-30(38-2)29(37)16-25(24)13-23-14-28(32(33)34-19-23)31(40-39-20-21)15-22-7-5-4-6-8-22/h4-8,10,12,14,16-17,19,21,31,37H,3,9,11,13,15,18,20H2,1-2H3,(H2,33,34). The number of aromatic hydroxyl groups is 1. The highest BCUT2D eigenvalue weighted by Crippen LogP contribution is 2.44. The molecule has 3 N–H and O–H groups in total.